The van der Waals surface area contributed by atoms with Crippen molar-refractivity contribution in [3.63, 3.8) is 0 Å². The Labute approximate surface area is 117 Å². The predicted octanol–water partition coefficient (Wildman–Crippen LogP) is 3.72. The third kappa shape index (κ3) is 3.69. The molecule has 0 radical (unpaired) electrons. The first-order chi connectivity index (χ1) is 9.90. The lowest BCUT2D eigenvalue weighted by Gasteiger charge is -2.09. The fourth-order valence-electron chi connectivity index (χ4n) is 1.62. The van der Waals surface area contributed by atoms with Gasteiger partial charge in [-0.25, -0.2) is 4.39 Å². The van der Waals surface area contributed by atoms with Gasteiger partial charge in [-0.1, -0.05) is 6.07 Å². The highest BCUT2D eigenvalue weighted by atomic mass is 19.4. The topological polar surface area (TPSA) is 48.7 Å². The highest BCUT2D eigenvalue weighted by Gasteiger charge is 2.31. The molecule has 1 aromatic carbocycles. The van der Waals surface area contributed by atoms with E-state index in [0.29, 0.717) is 5.56 Å². The molecule has 0 bridgehead atoms. The number of rotatable bonds is 3. The van der Waals surface area contributed by atoms with Crippen molar-refractivity contribution in [2.75, 3.05) is 5.32 Å². The van der Waals surface area contributed by atoms with Crippen molar-refractivity contribution in [3.8, 4) is 6.07 Å². The maximum absolute atomic E-state index is 13.6. The largest absolute Gasteiger partial charge is 0.433 e. The minimum atomic E-state index is -4.48. The molecule has 0 fully saturated rings. The van der Waals surface area contributed by atoms with Gasteiger partial charge in [-0.15, -0.1) is 0 Å². The molecule has 1 aromatic heterocycles. The van der Waals surface area contributed by atoms with Crippen molar-refractivity contribution >= 4 is 5.69 Å². The van der Waals surface area contributed by atoms with Crippen molar-refractivity contribution in [3.05, 3.63) is 59.2 Å². The molecule has 0 saturated heterocycles. The van der Waals surface area contributed by atoms with E-state index in [1.807, 2.05) is 0 Å². The van der Waals surface area contributed by atoms with Crippen LogP contribution < -0.4 is 5.32 Å². The van der Waals surface area contributed by atoms with Crippen molar-refractivity contribution in [2.45, 2.75) is 12.7 Å². The third-order valence-electron chi connectivity index (χ3n) is 2.70. The molecule has 2 aromatic rings. The van der Waals surface area contributed by atoms with Gasteiger partial charge in [0.2, 0.25) is 0 Å². The monoisotopic (exact) mass is 295 g/mol. The van der Waals surface area contributed by atoms with E-state index < -0.39 is 17.7 Å². The Balaban J connectivity index is 2.05. The summed E-state index contributed by atoms with van der Waals surface area (Å²) in [6.07, 6.45) is -3.40. The summed E-state index contributed by atoms with van der Waals surface area (Å²) in [6, 6.07) is 7.85. The Morgan fingerprint density at radius 3 is 2.48 bits per heavy atom. The first-order valence-electron chi connectivity index (χ1n) is 5.86. The molecule has 21 heavy (non-hydrogen) atoms. The number of alkyl halides is 3. The Morgan fingerprint density at radius 2 is 1.95 bits per heavy atom. The number of pyridine rings is 1. The number of halogens is 4. The third-order valence-corrected chi connectivity index (χ3v) is 2.70. The van der Waals surface area contributed by atoms with Crippen LogP contribution in [-0.2, 0) is 12.7 Å². The van der Waals surface area contributed by atoms with Crippen molar-refractivity contribution in [1.29, 1.82) is 5.26 Å². The number of hydrogen-bond acceptors (Lipinski definition) is 3. The molecule has 0 saturated carbocycles. The van der Waals surface area contributed by atoms with E-state index in [4.69, 9.17) is 5.26 Å². The number of hydrogen-bond donors (Lipinski definition) is 1. The van der Waals surface area contributed by atoms with E-state index in [9.17, 15) is 17.6 Å². The van der Waals surface area contributed by atoms with E-state index in [1.165, 1.54) is 18.2 Å². The molecule has 1 heterocycles. The van der Waals surface area contributed by atoms with Crippen LogP contribution in [-0.4, -0.2) is 4.98 Å². The van der Waals surface area contributed by atoms with Crippen LogP contribution in [0.5, 0.6) is 0 Å². The Kier molecular flexibility index (Phi) is 4.08. The van der Waals surface area contributed by atoms with Gasteiger partial charge in [0.25, 0.3) is 0 Å². The van der Waals surface area contributed by atoms with E-state index in [-0.39, 0.29) is 17.8 Å². The first kappa shape index (κ1) is 14.8. The molecule has 3 nitrogen and oxygen atoms in total. The second-order valence-corrected chi connectivity index (χ2v) is 4.21. The van der Waals surface area contributed by atoms with E-state index >= 15 is 0 Å². The summed E-state index contributed by atoms with van der Waals surface area (Å²) in [5.41, 5.74) is -0.147. The highest BCUT2D eigenvalue weighted by molar-refractivity contribution is 5.49. The predicted molar refractivity (Wildman–Crippen MR) is 67.7 cm³/mol. The summed E-state index contributed by atoms with van der Waals surface area (Å²) >= 11 is 0. The molecule has 0 atom stereocenters. The van der Waals surface area contributed by atoms with Crippen LogP contribution in [0.2, 0.25) is 0 Å². The molecule has 0 unspecified atom stereocenters. The zero-order valence-electron chi connectivity index (χ0n) is 10.6. The van der Waals surface area contributed by atoms with E-state index in [0.717, 1.165) is 18.3 Å². The maximum Gasteiger partial charge on any atom is 0.433 e. The van der Waals surface area contributed by atoms with Gasteiger partial charge < -0.3 is 5.32 Å². The summed E-state index contributed by atoms with van der Waals surface area (Å²) in [5.74, 6) is -0.603. The highest BCUT2D eigenvalue weighted by Crippen LogP contribution is 2.27. The minimum absolute atomic E-state index is 0.119. The lowest BCUT2D eigenvalue weighted by Crippen LogP contribution is -2.09. The molecule has 0 aliphatic carbocycles. The SMILES string of the molecule is N#Cc1ccc(NCc2ccc(C(F)(F)F)nc2)c(F)c1. The molecule has 7 heteroatoms. The van der Waals surface area contributed by atoms with Crippen molar-refractivity contribution in [2.24, 2.45) is 0 Å². The first-order valence-corrected chi connectivity index (χ1v) is 5.86. The van der Waals surface area contributed by atoms with Gasteiger partial charge in [-0.2, -0.15) is 18.4 Å². The molecule has 1 N–H and O–H groups in total. The summed E-state index contributed by atoms with van der Waals surface area (Å²) in [5, 5.41) is 11.3. The zero-order chi connectivity index (χ0) is 15.5. The van der Waals surface area contributed by atoms with Gasteiger partial charge in [-0.3, -0.25) is 4.98 Å². The molecule has 2 rings (SSSR count). The summed E-state index contributed by atoms with van der Waals surface area (Å²) in [6.45, 7) is 0.119. The average Bonchev–Trinajstić information content (AvgIpc) is 2.45. The Bertz CT molecular complexity index is 672. The fourth-order valence-corrected chi connectivity index (χ4v) is 1.62. The van der Waals surface area contributed by atoms with Crippen LogP contribution >= 0.6 is 0 Å². The number of aromatic nitrogens is 1. The Hall–Kier alpha value is -2.62. The Morgan fingerprint density at radius 1 is 1.19 bits per heavy atom. The molecule has 0 aliphatic rings. The molecule has 0 spiro atoms. The fraction of sp³-hybridized carbons (Fsp3) is 0.143. The molecule has 108 valence electrons. The number of nitrogens with zero attached hydrogens (tertiary/aromatic N) is 2. The number of nitrogens with one attached hydrogen (secondary N) is 1. The minimum Gasteiger partial charge on any atom is -0.379 e. The number of nitriles is 1. The smallest absolute Gasteiger partial charge is 0.379 e. The van der Waals surface area contributed by atoms with Gasteiger partial charge in [-0.05, 0) is 29.8 Å². The van der Waals surface area contributed by atoms with Crippen LogP contribution in [0.15, 0.2) is 36.5 Å². The summed E-state index contributed by atoms with van der Waals surface area (Å²) in [7, 11) is 0. The quantitative estimate of drug-likeness (QED) is 0.878. The summed E-state index contributed by atoms with van der Waals surface area (Å²) in [4.78, 5) is 3.31. The lowest BCUT2D eigenvalue weighted by atomic mass is 10.2. The van der Waals surface area contributed by atoms with Crippen molar-refractivity contribution in [1.82, 2.24) is 4.98 Å². The van der Waals surface area contributed by atoms with Gasteiger partial charge in [0, 0.05) is 12.7 Å². The van der Waals surface area contributed by atoms with Crippen LogP contribution in [0.3, 0.4) is 0 Å². The molecular weight excluding hydrogens is 286 g/mol. The second kappa shape index (κ2) is 5.79. The second-order valence-electron chi connectivity index (χ2n) is 4.21. The van der Waals surface area contributed by atoms with Gasteiger partial charge in [0.05, 0.1) is 17.3 Å². The molecular formula is C14H9F4N3. The van der Waals surface area contributed by atoms with Gasteiger partial charge in [0.1, 0.15) is 11.5 Å². The van der Waals surface area contributed by atoms with Crippen molar-refractivity contribution < 1.29 is 17.6 Å². The number of benzene rings is 1. The van der Waals surface area contributed by atoms with E-state index in [1.54, 1.807) is 6.07 Å². The maximum atomic E-state index is 13.6. The van der Waals surface area contributed by atoms with Gasteiger partial charge >= 0.3 is 6.18 Å². The normalized spacial score (nSPS) is 11.0. The lowest BCUT2D eigenvalue weighted by molar-refractivity contribution is -0.141. The van der Waals surface area contributed by atoms with Gasteiger partial charge in [0.15, 0.2) is 0 Å². The molecule has 0 aliphatic heterocycles. The molecule has 0 amide bonds. The standard InChI is InChI=1S/C14H9F4N3/c15-11-5-9(6-19)1-3-12(11)20-7-10-2-4-13(21-8-10)14(16,17)18/h1-5,8,20H,7H2. The zero-order valence-corrected chi connectivity index (χ0v) is 10.6. The van der Waals surface area contributed by atoms with Crippen LogP contribution in [0.25, 0.3) is 0 Å². The van der Waals surface area contributed by atoms with Crippen LogP contribution in [0.1, 0.15) is 16.8 Å². The number of anilines is 1. The van der Waals surface area contributed by atoms with Crippen LogP contribution in [0.4, 0.5) is 23.2 Å². The summed E-state index contributed by atoms with van der Waals surface area (Å²) < 4.78 is 50.6. The average molecular weight is 295 g/mol. The van der Waals surface area contributed by atoms with E-state index in [2.05, 4.69) is 10.3 Å². The van der Waals surface area contributed by atoms with Crippen LogP contribution in [0, 0.1) is 17.1 Å².